The largest absolute Gasteiger partial charge is 0.349 e. The van der Waals surface area contributed by atoms with Gasteiger partial charge >= 0.3 is 0 Å². The van der Waals surface area contributed by atoms with Crippen LogP contribution in [0.2, 0.25) is 0 Å². The highest BCUT2D eigenvalue weighted by atomic mass is 16.2. The normalized spacial score (nSPS) is 11.1. The smallest absolute Gasteiger partial charge is 0.287 e. The Bertz CT molecular complexity index is 204. The van der Waals surface area contributed by atoms with Gasteiger partial charge in [0, 0.05) is 12.0 Å². The molecule has 0 aromatic carbocycles. The zero-order valence-corrected chi connectivity index (χ0v) is 9.64. The van der Waals surface area contributed by atoms with E-state index < -0.39 is 11.3 Å². The fourth-order valence-electron chi connectivity index (χ4n) is 0.998. The topological polar surface area (TPSA) is 46.2 Å². The molecule has 3 nitrogen and oxygen atoms in total. The molecule has 0 atom stereocenters. The lowest BCUT2D eigenvalue weighted by atomic mass is 9.90. The minimum Gasteiger partial charge on any atom is -0.349 e. The van der Waals surface area contributed by atoms with Gasteiger partial charge in [0.25, 0.3) is 5.91 Å². The Morgan fingerprint density at radius 1 is 1.14 bits per heavy atom. The van der Waals surface area contributed by atoms with Gasteiger partial charge in [0.05, 0.1) is 0 Å². The van der Waals surface area contributed by atoms with Crippen molar-refractivity contribution in [3.05, 3.63) is 0 Å². The van der Waals surface area contributed by atoms with Gasteiger partial charge in [-0.2, -0.15) is 0 Å². The van der Waals surface area contributed by atoms with Crippen LogP contribution in [0.15, 0.2) is 0 Å². The van der Waals surface area contributed by atoms with Gasteiger partial charge in [-0.15, -0.1) is 0 Å². The van der Waals surface area contributed by atoms with Gasteiger partial charge in [0.15, 0.2) is 0 Å². The Kier molecular flexibility index (Phi) is 5.43. The third-order valence-corrected chi connectivity index (χ3v) is 1.95. The number of carbonyl (C=O) groups excluding carboxylic acids is 2. The average molecular weight is 199 g/mol. The minimum atomic E-state index is -0.575. The van der Waals surface area contributed by atoms with E-state index in [1.807, 2.05) is 0 Å². The average Bonchev–Trinajstić information content (AvgIpc) is 2.09. The summed E-state index contributed by atoms with van der Waals surface area (Å²) in [6.07, 6.45) is 3.15. The summed E-state index contributed by atoms with van der Waals surface area (Å²) in [7, 11) is 0. The van der Waals surface area contributed by atoms with Crippen LogP contribution in [0.3, 0.4) is 0 Å². The number of hydrogen-bond acceptors (Lipinski definition) is 2. The van der Waals surface area contributed by atoms with Crippen LogP contribution < -0.4 is 5.32 Å². The summed E-state index contributed by atoms with van der Waals surface area (Å²) in [4.78, 5) is 22.7. The van der Waals surface area contributed by atoms with E-state index in [0.29, 0.717) is 6.54 Å². The molecule has 0 radical (unpaired) electrons. The second-order valence-corrected chi connectivity index (χ2v) is 4.54. The van der Waals surface area contributed by atoms with Gasteiger partial charge in [0.2, 0.25) is 5.78 Å². The lowest BCUT2D eigenvalue weighted by Crippen LogP contribution is -2.38. The fraction of sp³-hybridized carbons (Fsp3) is 0.818. The van der Waals surface area contributed by atoms with Gasteiger partial charge in [-0.25, -0.2) is 0 Å². The number of Topliss-reactive ketones (excluding diaryl/α,β-unsaturated/α-hetero) is 1. The third-order valence-electron chi connectivity index (χ3n) is 1.95. The highest BCUT2D eigenvalue weighted by Gasteiger charge is 2.27. The van der Waals surface area contributed by atoms with E-state index in [0.717, 1.165) is 19.3 Å². The first-order chi connectivity index (χ1) is 6.39. The number of hydrogen-bond donors (Lipinski definition) is 1. The Morgan fingerprint density at radius 2 is 1.71 bits per heavy atom. The van der Waals surface area contributed by atoms with Crippen LogP contribution in [-0.2, 0) is 9.59 Å². The summed E-state index contributed by atoms with van der Waals surface area (Å²) in [5.74, 6) is -0.789. The lowest BCUT2D eigenvalue weighted by Gasteiger charge is -2.15. The Labute approximate surface area is 86.3 Å². The van der Waals surface area contributed by atoms with Crippen LogP contribution in [0.4, 0.5) is 0 Å². The van der Waals surface area contributed by atoms with E-state index in [-0.39, 0.29) is 5.78 Å². The number of amides is 1. The Morgan fingerprint density at radius 3 is 2.14 bits per heavy atom. The van der Waals surface area contributed by atoms with Gasteiger partial charge in [0.1, 0.15) is 0 Å². The molecule has 0 saturated carbocycles. The summed E-state index contributed by atoms with van der Waals surface area (Å²) in [5.41, 5.74) is -0.575. The monoisotopic (exact) mass is 199 g/mol. The van der Waals surface area contributed by atoms with Gasteiger partial charge in [-0.05, 0) is 6.42 Å². The summed E-state index contributed by atoms with van der Waals surface area (Å²) in [5, 5.41) is 2.64. The molecule has 0 spiro atoms. The summed E-state index contributed by atoms with van der Waals surface area (Å²) in [6.45, 7) is 7.96. The summed E-state index contributed by atoms with van der Waals surface area (Å²) in [6, 6.07) is 0. The second-order valence-electron chi connectivity index (χ2n) is 4.54. The standard InChI is InChI=1S/C11H21NO2/c1-5-6-7-8-12-10(14)9(13)11(2,3)4/h5-8H2,1-4H3,(H,12,14). The van der Waals surface area contributed by atoms with E-state index in [4.69, 9.17) is 0 Å². The van der Waals surface area contributed by atoms with Crippen LogP contribution in [0.5, 0.6) is 0 Å². The first-order valence-electron chi connectivity index (χ1n) is 5.22. The Hall–Kier alpha value is -0.860. The lowest BCUT2D eigenvalue weighted by molar-refractivity contribution is -0.142. The predicted octanol–water partition coefficient (Wildman–Crippen LogP) is 1.91. The maximum Gasteiger partial charge on any atom is 0.287 e. The number of unbranched alkanes of at least 4 members (excludes halogenated alkanes) is 2. The summed E-state index contributed by atoms with van der Waals surface area (Å²) >= 11 is 0. The molecule has 0 aliphatic heterocycles. The molecule has 82 valence electrons. The van der Waals surface area contributed by atoms with Crippen molar-refractivity contribution in [3.8, 4) is 0 Å². The molecule has 0 fully saturated rings. The van der Waals surface area contributed by atoms with Gasteiger partial charge in [-0.1, -0.05) is 40.5 Å². The molecule has 1 N–H and O–H groups in total. The van der Waals surface area contributed by atoms with E-state index in [1.54, 1.807) is 20.8 Å². The molecule has 0 heterocycles. The van der Waals surface area contributed by atoms with Gasteiger partial charge in [-0.3, -0.25) is 9.59 Å². The molecule has 0 aliphatic rings. The first kappa shape index (κ1) is 13.1. The number of carbonyl (C=O) groups is 2. The maximum absolute atomic E-state index is 11.4. The molecule has 3 heteroatoms. The van der Waals surface area contributed by atoms with E-state index in [2.05, 4.69) is 12.2 Å². The number of nitrogens with one attached hydrogen (secondary N) is 1. The van der Waals surface area contributed by atoms with Crippen LogP contribution >= 0.6 is 0 Å². The molecule has 1 amide bonds. The molecule has 0 aliphatic carbocycles. The van der Waals surface area contributed by atoms with E-state index in [1.165, 1.54) is 0 Å². The van der Waals surface area contributed by atoms with Crippen molar-refractivity contribution in [2.45, 2.75) is 47.0 Å². The van der Waals surface area contributed by atoms with Crippen LogP contribution in [0.25, 0.3) is 0 Å². The SMILES string of the molecule is CCCCCNC(=O)C(=O)C(C)(C)C. The second kappa shape index (κ2) is 5.78. The molecule has 0 aromatic rings. The van der Waals surface area contributed by atoms with Crippen molar-refractivity contribution < 1.29 is 9.59 Å². The maximum atomic E-state index is 11.4. The quantitative estimate of drug-likeness (QED) is 0.543. The van der Waals surface area contributed by atoms with Crippen molar-refractivity contribution in [3.63, 3.8) is 0 Å². The van der Waals surface area contributed by atoms with E-state index in [9.17, 15) is 9.59 Å². The van der Waals surface area contributed by atoms with Crippen LogP contribution in [0, 0.1) is 5.41 Å². The highest BCUT2D eigenvalue weighted by Crippen LogP contribution is 2.14. The fourth-order valence-corrected chi connectivity index (χ4v) is 0.998. The van der Waals surface area contributed by atoms with Crippen molar-refractivity contribution in [2.24, 2.45) is 5.41 Å². The molecular weight excluding hydrogens is 178 g/mol. The van der Waals surface area contributed by atoms with Crippen molar-refractivity contribution in [1.82, 2.24) is 5.32 Å². The molecule has 0 bridgehead atoms. The number of ketones is 1. The van der Waals surface area contributed by atoms with E-state index >= 15 is 0 Å². The zero-order chi connectivity index (χ0) is 11.2. The molecule has 0 aromatic heterocycles. The minimum absolute atomic E-state index is 0.339. The molecular formula is C11H21NO2. The number of rotatable bonds is 5. The zero-order valence-electron chi connectivity index (χ0n) is 9.64. The molecule has 0 unspecified atom stereocenters. The van der Waals surface area contributed by atoms with Crippen LogP contribution in [0.1, 0.15) is 47.0 Å². The first-order valence-corrected chi connectivity index (χ1v) is 5.22. The van der Waals surface area contributed by atoms with Crippen molar-refractivity contribution in [2.75, 3.05) is 6.54 Å². The third kappa shape index (κ3) is 5.00. The van der Waals surface area contributed by atoms with Gasteiger partial charge < -0.3 is 5.32 Å². The van der Waals surface area contributed by atoms with Crippen molar-refractivity contribution >= 4 is 11.7 Å². The molecule has 0 rings (SSSR count). The Balaban J connectivity index is 3.81. The molecule has 14 heavy (non-hydrogen) atoms. The predicted molar refractivity (Wildman–Crippen MR) is 57.0 cm³/mol. The molecule has 0 saturated heterocycles. The van der Waals surface area contributed by atoms with Crippen LogP contribution in [-0.4, -0.2) is 18.2 Å². The highest BCUT2D eigenvalue weighted by molar-refractivity contribution is 6.37. The van der Waals surface area contributed by atoms with Crippen molar-refractivity contribution in [1.29, 1.82) is 0 Å². The summed E-state index contributed by atoms with van der Waals surface area (Å²) < 4.78 is 0.